The van der Waals surface area contributed by atoms with Crippen LogP contribution in [0.5, 0.6) is 5.75 Å². The largest absolute Gasteiger partial charge is 0.450 e. The summed E-state index contributed by atoms with van der Waals surface area (Å²) in [6.45, 7) is 8.76. The van der Waals surface area contributed by atoms with Crippen LogP contribution < -0.4 is 4.74 Å². The summed E-state index contributed by atoms with van der Waals surface area (Å²) in [7, 11) is 0. The molecule has 0 aliphatic heterocycles. The normalized spacial score (nSPS) is 13.5. The molecule has 8 heteroatoms. The van der Waals surface area contributed by atoms with Crippen molar-refractivity contribution >= 4 is 85.6 Å². The third-order valence-corrected chi connectivity index (χ3v) is 8.81. The van der Waals surface area contributed by atoms with E-state index in [-0.39, 0.29) is 0 Å². The Bertz CT molecular complexity index is 600. The predicted molar refractivity (Wildman–Crippen MR) is 105 cm³/mol. The van der Waals surface area contributed by atoms with Crippen LogP contribution in [0.4, 0.5) is 0 Å². The summed E-state index contributed by atoms with van der Waals surface area (Å²) in [5.41, 5.74) is 0.319. The van der Waals surface area contributed by atoms with E-state index in [0.29, 0.717) is 26.7 Å². The van der Waals surface area contributed by atoms with Crippen LogP contribution in [0, 0.1) is 0 Å². The van der Waals surface area contributed by atoms with E-state index in [4.69, 9.17) is 9.47 Å². The number of esters is 1. The standard InChI is InChI=1S/C14H13Br5O3/c1-5-14(4,22-13(20)6(2)3)21-12-10(18)8(16)7(15)9(17)11(12)19/h2,5H2,1,3-4H3. The average molecular weight is 629 g/mol. The quantitative estimate of drug-likeness (QED) is 0.115. The Kier molecular flexibility index (Phi) is 7.65. The van der Waals surface area contributed by atoms with E-state index in [9.17, 15) is 4.79 Å². The summed E-state index contributed by atoms with van der Waals surface area (Å²) in [6.07, 6.45) is 0.468. The maximum atomic E-state index is 11.8. The molecule has 0 radical (unpaired) electrons. The lowest BCUT2D eigenvalue weighted by molar-refractivity contribution is -0.188. The zero-order valence-electron chi connectivity index (χ0n) is 12.0. The molecule has 0 aliphatic rings. The minimum Gasteiger partial charge on any atom is -0.450 e. The molecule has 0 aromatic heterocycles. The molecule has 1 rings (SSSR count). The number of halogens is 5. The van der Waals surface area contributed by atoms with Crippen molar-refractivity contribution in [2.45, 2.75) is 33.0 Å². The first kappa shape index (κ1) is 20.7. The summed E-state index contributed by atoms with van der Waals surface area (Å²) < 4.78 is 15.2. The van der Waals surface area contributed by atoms with Gasteiger partial charge in [-0.1, -0.05) is 13.5 Å². The van der Waals surface area contributed by atoms with Gasteiger partial charge in [-0.3, -0.25) is 0 Å². The Balaban J connectivity index is 3.27. The van der Waals surface area contributed by atoms with E-state index in [1.807, 2.05) is 6.92 Å². The smallest absolute Gasteiger partial charge is 0.336 e. The van der Waals surface area contributed by atoms with Crippen molar-refractivity contribution in [1.29, 1.82) is 0 Å². The average Bonchev–Trinajstić information content (AvgIpc) is 2.47. The fourth-order valence-electron chi connectivity index (χ4n) is 1.34. The van der Waals surface area contributed by atoms with E-state index in [2.05, 4.69) is 86.2 Å². The first-order valence-electron chi connectivity index (χ1n) is 6.13. The molecule has 0 saturated heterocycles. The number of hydrogen-bond acceptors (Lipinski definition) is 3. The van der Waals surface area contributed by atoms with Gasteiger partial charge in [0.25, 0.3) is 5.79 Å². The molecular weight excluding hydrogens is 616 g/mol. The van der Waals surface area contributed by atoms with Gasteiger partial charge in [0, 0.05) is 23.4 Å². The SMILES string of the molecule is C=C(C)C(=O)OC(C)(CC)Oc1c(Br)c(Br)c(Br)c(Br)c1Br. The van der Waals surface area contributed by atoms with Crippen LogP contribution in [0.15, 0.2) is 34.5 Å². The van der Waals surface area contributed by atoms with Crippen molar-refractivity contribution in [3.63, 3.8) is 0 Å². The number of carbonyl (C=O) groups is 1. The molecule has 22 heavy (non-hydrogen) atoms. The van der Waals surface area contributed by atoms with Crippen molar-refractivity contribution in [3.8, 4) is 5.75 Å². The molecule has 0 heterocycles. The van der Waals surface area contributed by atoms with E-state index in [0.717, 1.165) is 13.4 Å². The summed E-state index contributed by atoms with van der Waals surface area (Å²) >= 11 is 17.4. The Morgan fingerprint density at radius 1 is 1.05 bits per heavy atom. The number of ether oxygens (including phenoxy) is 2. The Labute approximate surface area is 171 Å². The molecule has 3 nitrogen and oxygen atoms in total. The van der Waals surface area contributed by atoms with E-state index >= 15 is 0 Å². The topological polar surface area (TPSA) is 35.5 Å². The third kappa shape index (κ3) is 4.59. The van der Waals surface area contributed by atoms with E-state index < -0.39 is 11.8 Å². The molecule has 1 atom stereocenters. The van der Waals surface area contributed by atoms with Gasteiger partial charge >= 0.3 is 5.97 Å². The van der Waals surface area contributed by atoms with Crippen LogP contribution in [-0.4, -0.2) is 11.8 Å². The van der Waals surface area contributed by atoms with Crippen LogP contribution >= 0.6 is 79.6 Å². The van der Waals surface area contributed by atoms with Crippen LogP contribution in [0.2, 0.25) is 0 Å². The number of rotatable bonds is 5. The highest BCUT2D eigenvalue weighted by molar-refractivity contribution is 9.15. The second-order valence-electron chi connectivity index (χ2n) is 4.66. The lowest BCUT2D eigenvalue weighted by atomic mass is 10.2. The zero-order chi connectivity index (χ0) is 17.2. The molecule has 0 saturated carbocycles. The van der Waals surface area contributed by atoms with Crippen molar-refractivity contribution in [2.24, 2.45) is 0 Å². The van der Waals surface area contributed by atoms with Gasteiger partial charge in [-0.15, -0.1) is 0 Å². The highest BCUT2D eigenvalue weighted by Gasteiger charge is 2.32. The predicted octanol–water partition coefficient (Wildman–Crippen LogP) is 7.12. The van der Waals surface area contributed by atoms with E-state index in [1.54, 1.807) is 13.8 Å². The molecule has 0 amide bonds. The number of hydrogen-bond donors (Lipinski definition) is 0. The Morgan fingerprint density at radius 2 is 1.45 bits per heavy atom. The second kappa shape index (κ2) is 8.14. The second-order valence-corrected chi connectivity index (χ2v) is 8.62. The molecule has 1 unspecified atom stereocenters. The molecule has 0 N–H and O–H groups in total. The molecular formula is C14H13Br5O3. The molecule has 0 aliphatic carbocycles. The minimum absolute atomic E-state index is 0.319. The maximum absolute atomic E-state index is 11.8. The minimum atomic E-state index is -1.12. The Morgan fingerprint density at radius 3 is 1.82 bits per heavy atom. The van der Waals surface area contributed by atoms with Crippen molar-refractivity contribution in [2.75, 3.05) is 0 Å². The molecule has 0 fully saturated rings. The monoisotopic (exact) mass is 624 g/mol. The lowest BCUT2D eigenvalue weighted by Crippen LogP contribution is -2.37. The summed E-state index contributed by atoms with van der Waals surface area (Å²) in [5.74, 6) is -1.10. The zero-order valence-corrected chi connectivity index (χ0v) is 20.0. The van der Waals surface area contributed by atoms with Gasteiger partial charge in [0.2, 0.25) is 0 Å². The summed E-state index contributed by atoms with van der Waals surface area (Å²) in [6, 6.07) is 0. The van der Waals surface area contributed by atoms with Gasteiger partial charge < -0.3 is 9.47 Å². The van der Waals surface area contributed by atoms with E-state index in [1.165, 1.54) is 0 Å². The fraction of sp³-hybridized carbons (Fsp3) is 0.357. The first-order chi connectivity index (χ1) is 10.0. The van der Waals surface area contributed by atoms with Crippen molar-refractivity contribution in [1.82, 2.24) is 0 Å². The molecule has 1 aromatic rings. The van der Waals surface area contributed by atoms with Gasteiger partial charge in [0.1, 0.15) is 0 Å². The van der Waals surface area contributed by atoms with Gasteiger partial charge in [-0.2, -0.15) is 0 Å². The number of carbonyl (C=O) groups excluding carboxylic acids is 1. The van der Waals surface area contributed by atoms with Crippen LogP contribution in [0.3, 0.4) is 0 Å². The van der Waals surface area contributed by atoms with Crippen LogP contribution in [0.25, 0.3) is 0 Å². The highest BCUT2D eigenvalue weighted by atomic mass is 79.9. The van der Waals surface area contributed by atoms with Gasteiger partial charge in [0.05, 0.1) is 17.9 Å². The molecule has 122 valence electrons. The van der Waals surface area contributed by atoms with Crippen molar-refractivity contribution in [3.05, 3.63) is 34.5 Å². The maximum Gasteiger partial charge on any atom is 0.336 e. The first-order valence-corrected chi connectivity index (χ1v) is 10.1. The van der Waals surface area contributed by atoms with Crippen molar-refractivity contribution < 1.29 is 14.3 Å². The van der Waals surface area contributed by atoms with Crippen LogP contribution in [-0.2, 0) is 9.53 Å². The van der Waals surface area contributed by atoms with Crippen LogP contribution in [0.1, 0.15) is 27.2 Å². The molecule has 1 aromatic carbocycles. The fourth-order valence-corrected chi connectivity index (χ4v) is 4.51. The lowest BCUT2D eigenvalue weighted by Gasteiger charge is -2.30. The summed E-state index contributed by atoms with van der Waals surface area (Å²) in [5, 5.41) is 0. The van der Waals surface area contributed by atoms with Gasteiger partial charge in [0.15, 0.2) is 5.75 Å². The van der Waals surface area contributed by atoms with Gasteiger partial charge in [-0.05, 0) is 86.6 Å². The third-order valence-electron chi connectivity index (χ3n) is 2.79. The number of benzene rings is 1. The molecule has 0 spiro atoms. The summed E-state index contributed by atoms with van der Waals surface area (Å²) in [4.78, 5) is 11.8. The molecule has 0 bridgehead atoms. The van der Waals surface area contributed by atoms with Gasteiger partial charge in [-0.25, -0.2) is 4.79 Å². The Hall–Kier alpha value is 0.630. The highest BCUT2D eigenvalue weighted by Crippen LogP contribution is 2.49.